The summed E-state index contributed by atoms with van der Waals surface area (Å²) in [6.07, 6.45) is 0. The topological polar surface area (TPSA) is 79.3 Å². The van der Waals surface area contributed by atoms with Crippen LogP contribution >= 0.6 is 11.6 Å². The van der Waals surface area contributed by atoms with E-state index in [0.717, 1.165) is 16.9 Å². The number of aryl methyl sites for hydroxylation is 1. The van der Waals surface area contributed by atoms with E-state index < -0.39 is 0 Å². The van der Waals surface area contributed by atoms with Crippen molar-refractivity contribution in [2.75, 3.05) is 23.7 Å². The quantitative estimate of drug-likeness (QED) is 0.493. The first-order valence-corrected chi connectivity index (χ1v) is 11.2. The van der Waals surface area contributed by atoms with E-state index in [4.69, 9.17) is 16.7 Å². The fourth-order valence-corrected chi connectivity index (χ4v) is 3.37. The molecular formula is C25H30ClN5O2. The lowest BCUT2D eigenvalue weighted by Crippen LogP contribution is -2.40. The van der Waals surface area contributed by atoms with Crippen molar-refractivity contribution in [1.29, 1.82) is 0 Å². The molecular weight excluding hydrogens is 438 g/mol. The number of nitrogens with one attached hydrogen (secondary N) is 2. The maximum atomic E-state index is 12.9. The Bertz CT molecular complexity index is 1130. The number of para-hydroxylation sites is 1. The maximum absolute atomic E-state index is 12.9. The second-order valence-electron chi connectivity index (χ2n) is 8.86. The molecule has 3 amide bonds. The van der Waals surface area contributed by atoms with Crippen molar-refractivity contribution in [3.63, 3.8) is 0 Å². The molecule has 0 aliphatic rings. The molecule has 2 aromatic carbocycles. The lowest BCUT2D eigenvalue weighted by atomic mass is 9.92. The normalized spacial score (nSPS) is 11.2. The van der Waals surface area contributed by atoms with Gasteiger partial charge < -0.3 is 15.5 Å². The lowest BCUT2D eigenvalue weighted by molar-refractivity contribution is -0.116. The van der Waals surface area contributed by atoms with Crippen LogP contribution in [0, 0.1) is 6.92 Å². The second kappa shape index (κ2) is 10.1. The number of benzene rings is 2. The molecule has 8 heteroatoms. The number of carbonyl (C=O) groups is 2. The van der Waals surface area contributed by atoms with Crippen molar-refractivity contribution < 1.29 is 9.59 Å². The van der Waals surface area contributed by atoms with Gasteiger partial charge in [0.1, 0.15) is 12.4 Å². The molecule has 7 nitrogen and oxygen atoms in total. The summed E-state index contributed by atoms with van der Waals surface area (Å²) in [4.78, 5) is 27.0. The van der Waals surface area contributed by atoms with Gasteiger partial charge in [0.2, 0.25) is 5.91 Å². The van der Waals surface area contributed by atoms with E-state index in [1.54, 1.807) is 28.9 Å². The first kappa shape index (κ1) is 24.3. The van der Waals surface area contributed by atoms with Crippen LogP contribution in [0.4, 0.5) is 16.3 Å². The van der Waals surface area contributed by atoms with Crippen LogP contribution in [0.3, 0.4) is 0 Å². The van der Waals surface area contributed by atoms with Crippen molar-refractivity contribution in [3.8, 4) is 5.69 Å². The first-order chi connectivity index (χ1) is 15.6. The highest BCUT2D eigenvalue weighted by Gasteiger charge is 2.23. The molecule has 0 saturated carbocycles. The molecule has 3 aromatic rings. The van der Waals surface area contributed by atoms with Crippen molar-refractivity contribution in [2.45, 2.75) is 40.0 Å². The maximum Gasteiger partial charge on any atom is 0.322 e. The molecule has 2 N–H and O–H groups in total. The molecule has 0 fully saturated rings. The molecule has 33 heavy (non-hydrogen) atoms. The fourth-order valence-electron chi connectivity index (χ4n) is 3.24. The average Bonchev–Trinajstić information content (AvgIpc) is 3.18. The van der Waals surface area contributed by atoms with Gasteiger partial charge in [-0.05, 0) is 49.7 Å². The molecule has 0 unspecified atom stereocenters. The minimum atomic E-state index is -0.363. The number of hydrogen-bond acceptors (Lipinski definition) is 3. The van der Waals surface area contributed by atoms with Gasteiger partial charge in [-0.2, -0.15) is 5.10 Å². The predicted molar refractivity (Wildman–Crippen MR) is 133 cm³/mol. The smallest absolute Gasteiger partial charge is 0.315 e. The molecule has 0 atom stereocenters. The summed E-state index contributed by atoms with van der Waals surface area (Å²) in [5.41, 5.74) is 3.19. The van der Waals surface area contributed by atoms with E-state index in [9.17, 15) is 9.59 Å². The zero-order valence-electron chi connectivity index (χ0n) is 19.6. The highest BCUT2D eigenvalue weighted by Crippen LogP contribution is 2.27. The number of halogens is 1. The zero-order chi connectivity index (χ0) is 24.2. The van der Waals surface area contributed by atoms with Crippen molar-refractivity contribution in [1.82, 2.24) is 14.7 Å². The van der Waals surface area contributed by atoms with E-state index >= 15 is 0 Å². The molecule has 0 spiro atoms. The van der Waals surface area contributed by atoms with Gasteiger partial charge in [-0.25, -0.2) is 9.48 Å². The van der Waals surface area contributed by atoms with E-state index in [1.807, 2.05) is 44.2 Å². The highest BCUT2D eigenvalue weighted by molar-refractivity contribution is 6.30. The second-order valence-corrected chi connectivity index (χ2v) is 9.30. The number of aromatic nitrogens is 2. The van der Waals surface area contributed by atoms with Gasteiger partial charge in [0.25, 0.3) is 0 Å². The standard InChI is InChI=1S/C25H30ClN5O2/c1-6-30(24(33)27-19-13-11-18(26)12-14-19)16-23(32)28-22-15-21(25(3,4)5)29-31(22)20-10-8-7-9-17(20)2/h7-15H,6,16H2,1-5H3,(H,27,33)(H,28,32). The van der Waals surface area contributed by atoms with Crippen LogP contribution in [0.15, 0.2) is 54.6 Å². The summed E-state index contributed by atoms with van der Waals surface area (Å²) >= 11 is 5.90. The predicted octanol–water partition coefficient (Wildman–Crippen LogP) is 5.62. The molecule has 1 aromatic heterocycles. The minimum Gasteiger partial charge on any atom is -0.315 e. The van der Waals surface area contributed by atoms with Gasteiger partial charge >= 0.3 is 6.03 Å². The zero-order valence-corrected chi connectivity index (χ0v) is 20.4. The molecule has 0 saturated heterocycles. The summed E-state index contributed by atoms with van der Waals surface area (Å²) < 4.78 is 1.75. The number of hydrogen-bond donors (Lipinski definition) is 2. The van der Waals surface area contributed by atoms with Gasteiger partial charge in [0.05, 0.1) is 11.4 Å². The van der Waals surface area contributed by atoms with Crippen LogP contribution in [0.5, 0.6) is 0 Å². The summed E-state index contributed by atoms with van der Waals surface area (Å²) in [5, 5.41) is 11.1. The third-order valence-corrected chi connectivity index (χ3v) is 5.44. The van der Waals surface area contributed by atoms with Crippen molar-refractivity contribution in [2.24, 2.45) is 0 Å². The monoisotopic (exact) mass is 467 g/mol. The molecule has 174 valence electrons. The Morgan fingerprint density at radius 1 is 1.06 bits per heavy atom. The molecule has 1 heterocycles. The van der Waals surface area contributed by atoms with Crippen molar-refractivity contribution in [3.05, 3.63) is 70.9 Å². The van der Waals surface area contributed by atoms with E-state index in [-0.39, 0.29) is 23.9 Å². The Morgan fingerprint density at radius 2 is 1.73 bits per heavy atom. The fraction of sp³-hybridized carbons (Fsp3) is 0.320. The highest BCUT2D eigenvalue weighted by atomic mass is 35.5. The number of rotatable bonds is 6. The molecule has 0 radical (unpaired) electrons. The SMILES string of the molecule is CCN(CC(=O)Nc1cc(C(C)(C)C)nn1-c1ccccc1C)C(=O)Nc1ccc(Cl)cc1. The Morgan fingerprint density at radius 3 is 2.33 bits per heavy atom. The largest absolute Gasteiger partial charge is 0.322 e. The van der Waals surface area contributed by atoms with Crippen LogP contribution < -0.4 is 10.6 Å². The van der Waals surface area contributed by atoms with Gasteiger partial charge in [0, 0.05) is 28.7 Å². The van der Waals surface area contributed by atoms with Crippen LogP contribution in [0.2, 0.25) is 5.02 Å². The minimum absolute atomic E-state index is 0.0975. The van der Waals surface area contributed by atoms with Crippen LogP contribution in [0.1, 0.15) is 39.0 Å². The Kier molecular flexibility index (Phi) is 7.43. The van der Waals surface area contributed by atoms with E-state index in [2.05, 4.69) is 31.4 Å². The van der Waals surface area contributed by atoms with Crippen molar-refractivity contribution >= 4 is 35.0 Å². The lowest BCUT2D eigenvalue weighted by Gasteiger charge is -2.21. The number of likely N-dealkylation sites (N-methyl/N-ethyl adjacent to an activating group) is 1. The number of carbonyl (C=O) groups excluding carboxylic acids is 2. The molecule has 0 bridgehead atoms. The van der Waals surface area contributed by atoms with E-state index in [1.165, 1.54) is 4.90 Å². The van der Waals surface area contributed by atoms with E-state index in [0.29, 0.717) is 23.1 Å². The van der Waals surface area contributed by atoms with Crippen LogP contribution in [-0.2, 0) is 10.2 Å². The summed E-state index contributed by atoms with van der Waals surface area (Å²) in [6.45, 7) is 10.3. The third kappa shape index (κ3) is 6.14. The Labute approximate surface area is 199 Å². The van der Waals surface area contributed by atoms with Gasteiger partial charge in [0.15, 0.2) is 0 Å². The van der Waals surface area contributed by atoms with Gasteiger partial charge in [-0.3, -0.25) is 4.79 Å². The van der Waals surface area contributed by atoms with Crippen LogP contribution in [-0.4, -0.2) is 39.7 Å². The summed E-state index contributed by atoms with van der Waals surface area (Å²) in [7, 11) is 0. The summed E-state index contributed by atoms with van der Waals surface area (Å²) in [6, 6.07) is 16.2. The number of anilines is 2. The number of nitrogens with zero attached hydrogens (tertiary/aromatic N) is 3. The third-order valence-electron chi connectivity index (χ3n) is 5.19. The average molecular weight is 468 g/mol. The summed E-state index contributed by atoms with van der Waals surface area (Å²) in [5.74, 6) is 0.256. The number of urea groups is 1. The van der Waals surface area contributed by atoms with Gasteiger partial charge in [-0.15, -0.1) is 0 Å². The van der Waals surface area contributed by atoms with Gasteiger partial charge in [-0.1, -0.05) is 50.6 Å². The number of amides is 3. The molecule has 0 aliphatic heterocycles. The molecule has 3 rings (SSSR count). The Hall–Kier alpha value is -3.32. The first-order valence-electron chi connectivity index (χ1n) is 10.9. The molecule has 0 aliphatic carbocycles. The Balaban J connectivity index is 1.78. The van der Waals surface area contributed by atoms with Crippen LogP contribution in [0.25, 0.3) is 5.69 Å².